The van der Waals surface area contributed by atoms with Crippen molar-refractivity contribution in [3.63, 3.8) is 0 Å². The lowest BCUT2D eigenvalue weighted by Gasteiger charge is -2.07. The first-order valence-corrected chi connectivity index (χ1v) is 6.89. The number of benzene rings is 1. The van der Waals surface area contributed by atoms with E-state index in [1.807, 2.05) is 6.07 Å². The summed E-state index contributed by atoms with van der Waals surface area (Å²) in [5.74, 6) is -0.391. The molecule has 2 aromatic rings. The first kappa shape index (κ1) is 12.6. The number of carbonyl (C=O) groups is 1. The Labute approximate surface area is 122 Å². The fourth-order valence-electron chi connectivity index (χ4n) is 1.85. The molecule has 0 radical (unpaired) electrons. The number of rotatable bonds is 3. The Morgan fingerprint density at radius 1 is 1.47 bits per heavy atom. The highest BCUT2D eigenvalue weighted by molar-refractivity contribution is 9.10. The van der Waals surface area contributed by atoms with Gasteiger partial charge in [0, 0.05) is 10.4 Å². The van der Waals surface area contributed by atoms with E-state index in [2.05, 4.69) is 26.0 Å². The van der Waals surface area contributed by atoms with Gasteiger partial charge in [-0.05, 0) is 31.0 Å². The third-order valence-corrected chi connectivity index (χ3v) is 3.72. The molecule has 0 bridgehead atoms. The Hall–Kier alpha value is -1.40. The van der Waals surface area contributed by atoms with Gasteiger partial charge in [0.1, 0.15) is 5.82 Å². The van der Waals surface area contributed by atoms with Crippen molar-refractivity contribution in [2.75, 3.05) is 0 Å². The van der Waals surface area contributed by atoms with Gasteiger partial charge in [-0.1, -0.05) is 27.5 Å². The molecule has 0 unspecified atom stereocenters. The molecule has 5 nitrogen and oxygen atoms in total. The van der Waals surface area contributed by atoms with Crippen LogP contribution in [0.3, 0.4) is 0 Å². The molecule has 1 heterocycles. The Morgan fingerprint density at radius 2 is 2.21 bits per heavy atom. The monoisotopic (exact) mass is 341 g/mol. The molecule has 7 heteroatoms. The summed E-state index contributed by atoms with van der Waals surface area (Å²) in [4.78, 5) is 15.1. The van der Waals surface area contributed by atoms with Crippen molar-refractivity contribution in [2.24, 2.45) is 0 Å². The second kappa shape index (κ2) is 4.61. The van der Waals surface area contributed by atoms with Crippen LogP contribution in [0.1, 0.15) is 35.2 Å². The largest absolute Gasteiger partial charge is 0.475 e. The fourth-order valence-corrected chi connectivity index (χ4v) is 2.39. The van der Waals surface area contributed by atoms with Gasteiger partial charge in [0.05, 0.1) is 10.7 Å². The van der Waals surface area contributed by atoms with Crippen molar-refractivity contribution < 1.29 is 9.90 Å². The van der Waals surface area contributed by atoms with E-state index in [-0.39, 0.29) is 11.7 Å². The molecule has 1 fully saturated rings. The molecule has 1 N–H and O–H groups in total. The van der Waals surface area contributed by atoms with Gasteiger partial charge in [-0.15, -0.1) is 5.10 Å². The summed E-state index contributed by atoms with van der Waals surface area (Å²) in [6.45, 7) is 0. The molecule has 0 amide bonds. The van der Waals surface area contributed by atoms with Gasteiger partial charge in [0.15, 0.2) is 0 Å². The first-order valence-electron chi connectivity index (χ1n) is 5.72. The number of nitrogens with zero attached hydrogens (tertiary/aromatic N) is 3. The van der Waals surface area contributed by atoms with E-state index in [1.54, 1.807) is 12.1 Å². The standard InChI is InChI=1S/C12H9BrClN3O2/c13-7-3-4-8(14)9(5-7)17-11(6-1-2-6)15-10(16-17)12(18)19/h3-6H,1-2H2,(H,18,19). The van der Waals surface area contributed by atoms with Crippen molar-refractivity contribution >= 4 is 33.5 Å². The van der Waals surface area contributed by atoms with Crippen LogP contribution in [-0.2, 0) is 0 Å². The quantitative estimate of drug-likeness (QED) is 0.929. The lowest BCUT2D eigenvalue weighted by Crippen LogP contribution is -2.04. The van der Waals surface area contributed by atoms with Crippen molar-refractivity contribution in [3.05, 3.63) is 39.3 Å². The maximum absolute atomic E-state index is 11.0. The molecule has 1 aliphatic rings. The number of aromatic carboxylic acids is 1. The van der Waals surface area contributed by atoms with Crippen LogP contribution in [-0.4, -0.2) is 25.8 Å². The van der Waals surface area contributed by atoms with E-state index in [9.17, 15) is 4.79 Å². The van der Waals surface area contributed by atoms with E-state index < -0.39 is 5.97 Å². The zero-order chi connectivity index (χ0) is 13.6. The predicted molar refractivity (Wildman–Crippen MR) is 73.0 cm³/mol. The maximum atomic E-state index is 11.0. The molecule has 1 saturated carbocycles. The first-order chi connectivity index (χ1) is 9.06. The normalized spacial score (nSPS) is 14.6. The van der Waals surface area contributed by atoms with Crippen LogP contribution >= 0.6 is 27.5 Å². The van der Waals surface area contributed by atoms with E-state index in [4.69, 9.17) is 16.7 Å². The second-order valence-electron chi connectivity index (χ2n) is 4.38. The molecular formula is C12H9BrClN3O2. The highest BCUT2D eigenvalue weighted by Gasteiger charge is 2.32. The highest BCUT2D eigenvalue weighted by Crippen LogP contribution is 2.40. The van der Waals surface area contributed by atoms with Crippen LogP contribution in [0.15, 0.2) is 22.7 Å². The molecule has 1 aliphatic carbocycles. The number of hydrogen-bond acceptors (Lipinski definition) is 3. The summed E-state index contributed by atoms with van der Waals surface area (Å²) in [5.41, 5.74) is 0.637. The van der Waals surface area contributed by atoms with Crippen molar-refractivity contribution in [1.29, 1.82) is 0 Å². The molecule has 0 spiro atoms. The molecule has 98 valence electrons. The molecule has 1 aromatic carbocycles. The molecule has 3 rings (SSSR count). The van der Waals surface area contributed by atoms with Crippen LogP contribution in [0, 0.1) is 0 Å². The predicted octanol–water partition coefficient (Wildman–Crippen LogP) is 3.26. The van der Waals surface area contributed by atoms with Crippen molar-refractivity contribution in [1.82, 2.24) is 14.8 Å². The molecule has 0 aliphatic heterocycles. The van der Waals surface area contributed by atoms with Crippen LogP contribution in [0.2, 0.25) is 5.02 Å². The summed E-state index contributed by atoms with van der Waals surface area (Å²) in [7, 11) is 0. The minimum absolute atomic E-state index is 0.196. The van der Waals surface area contributed by atoms with Gasteiger partial charge in [-0.2, -0.15) is 0 Å². The molecular weight excluding hydrogens is 334 g/mol. The third-order valence-electron chi connectivity index (χ3n) is 2.90. The van der Waals surface area contributed by atoms with Gasteiger partial charge >= 0.3 is 5.97 Å². The smallest absolute Gasteiger partial charge is 0.375 e. The van der Waals surface area contributed by atoms with Crippen LogP contribution < -0.4 is 0 Å². The number of halogens is 2. The molecule has 1 aromatic heterocycles. The lowest BCUT2D eigenvalue weighted by atomic mass is 10.3. The Balaban J connectivity index is 2.17. The lowest BCUT2D eigenvalue weighted by molar-refractivity contribution is 0.0683. The van der Waals surface area contributed by atoms with Gasteiger partial charge in [-0.25, -0.2) is 14.5 Å². The Bertz CT molecular complexity index is 667. The highest BCUT2D eigenvalue weighted by atomic mass is 79.9. The topological polar surface area (TPSA) is 68.0 Å². The number of hydrogen-bond donors (Lipinski definition) is 1. The number of carboxylic acid groups (broad SMARTS) is 1. The second-order valence-corrected chi connectivity index (χ2v) is 5.70. The number of aromatic nitrogens is 3. The summed E-state index contributed by atoms with van der Waals surface area (Å²) in [5, 5.41) is 13.6. The summed E-state index contributed by atoms with van der Waals surface area (Å²) in [6.07, 6.45) is 2.01. The average molecular weight is 343 g/mol. The summed E-state index contributed by atoms with van der Waals surface area (Å²) < 4.78 is 2.38. The van der Waals surface area contributed by atoms with Crippen LogP contribution in [0.25, 0.3) is 5.69 Å². The maximum Gasteiger partial charge on any atom is 0.375 e. The van der Waals surface area contributed by atoms with Crippen LogP contribution in [0.4, 0.5) is 0 Å². The minimum atomic E-state index is -1.13. The molecule has 0 atom stereocenters. The Kier molecular flexibility index (Phi) is 3.06. The van der Waals surface area contributed by atoms with Gasteiger partial charge in [0.25, 0.3) is 5.82 Å². The van der Waals surface area contributed by atoms with E-state index in [0.29, 0.717) is 16.5 Å². The SMILES string of the molecule is O=C(O)c1nc(C2CC2)n(-c2cc(Br)ccc2Cl)n1. The van der Waals surface area contributed by atoms with Crippen molar-refractivity contribution in [2.45, 2.75) is 18.8 Å². The van der Waals surface area contributed by atoms with Gasteiger partial charge < -0.3 is 5.11 Å². The van der Waals surface area contributed by atoms with E-state index in [1.165, 1.54) is 4.68 Å². The molecule has 19 heavy (non-hydrogen) atoms. The summed E-state index contributed by atoms with van der Waals surface area (Å²) >= 11 is 9.53. The minimum Gasteiger partial charge on any atom is -0.475 e. The molecule has 0 saturated heterocycles. The summed E-state index contributed by atoms with van der Waals surface area (Å²) in [6, 6.07) is 5.35. The van der Waals surface area contributed by atoms with Crippen molar-refractivity contribution in [3.8, 4) is 5.69 Å². The van der Waals surface area contributed by atoms with Gasteiger partial charge in [-0.3, -0.25) is 0 Å². The average Bonchev–Trinajstić information content (AvgIpc) is 3.11. The third kappa shape index (κ3) is 2.37. The zero-order valence-corrected chi connectivity index (χ0v) is 12.0. The van der Waals surface area contributed by atoms with Gasteiger partial charge in [0.2, 0.25) is 0 Å². The number of carboxylic acids is 1. The van der Waals surface area contributed by atoms with E-state index >= 15 is 0 Å². The Morgan fingerprint density at radius 3 is 2.84 bits per heavy atom. The fraction of sp³-hybridized carbons (Fsp3) is 0.250. The van der Waals surface area contributed by atoms with Crippen LogP contribution in [0.5, 0.6) is 0 Å². The van der Waals surface area contributed by atoms with E-state index in [0.717, 1.165) is 17.3 Å². The zero-order valence-electron chi connectivity index (χ0n) is 9.68.